The van der Waals surface area contributed by atoms with Gasteiger partial charge in [-0.15, -0.1) is 0 Å². The third-order valence-corrected chi connectivity index (χ3v) is 5.03. The zero-order valence-corrected chi connectivity index (χ0v) is 12.4. The minimum atomic E-state index is 0.808. The fourth-order valence-electron chi connectivity index (χ4n) is 3.00. The third-order valence-electron chi connectivity index (χ3n) is 3.90. The molecule has 0 aromatic heterocycles. The Balaban J connectivity index is 1.62. The van der Waals surface area contributed by atoms with Gasteiger partial charge in [-0.3, -0.25) is 0 Å². The van der Waals surface area contributed by atoms with Crippen molar-refractivity contribution in [3.8, 4) is 0 Å². The molecular weight excluding hydrogens is 345 g/mol. The highest BCUT2D eigenvalue weighted by Gasteiger charge is 2.35. The summed E-state index contributed by atoms with van der Waals surface area (Å²) in [5, 5.41) is 4.38. The molecule has 1 aromatic carbocycles. The maximum Gasteiger partial charge on any atom is 0.0477 e. The number of nitrogens with one attached hydrogen (secondary N) is 1. The lowest BCUT2D eigenvalue weighted by molar-refractivity contribution is 0.472. The molecule has 1 aromatic rings. The Labute approximate surface area is 121 Å². The highest BCUT2D eigenvalue weighted by atomic mass is 127. The van der Waals surface area contributed by atoms with Gasteiger partial charge in [-0.1, -0.05) is 23.8 Å². The molecule has 0 spiro atoms. The first-order chi connectivity index (χ1) is 8.22. The molecule has 0 amide bonds. The molecule has 2 bridgehead atoms. The molecular formula is C14H15ClIN. The molecule has 1 nitrogen and oxygen atoms in total. The van der Waals surface area contributed by atoms with Crippen molar-refractivity contribution in [1.82, 2.24) is 0 Å². The predicted octanol–water partition coefficient (Wildman–Crippen LogP) is 4.57. The third kappa shape index (κ3) is 2.48. The largest absolute Gasteiger partial charge is 0.384 e. The van der Waals surface area contributed by atoms with Gasteiger partial charge in [0.1, 0.15) is 0 Å². The molecule has 0 aliphatic heterocycles. The van der Waals surface area contributed by atoms with Gasteiger partial charge in [0.2, 0.25) is 0 Å². The van der Waals surface area contributed by atoms with Gasteiger partial charge in [-0.05, 0) is 71.4 Å². The van der Waals surface area contributed by atoms with Crippen molar-refractivity contribution in [3.63, 3.8) is 0 Å². The highest BCUT2D eigenvalue weighted by Crippen LogP contribution is 2.43. The molecule has 0 heterocycles. The van der Waals surface area contributed by atoms with Crippen LogP contribution in [0.2, 0.25) is 5.02 Å². The van der Waals surface area contributed by atoms with Crippen LogP contribution in [0.5, 0.6) is 0 Å². The number of benzene rings is 1. The van der Waals surface area contributed by atoms with E-state index in [9.17, 15) is 0 Å². The summed E-state index contributed by atoms with van der Waals surface area (Å²) in [5.41, 5.74) is 1.21. The van der Waals surface area contributed by atoms with Crippen LogP contribution in [0, 0.1) is 21.3 Å². The lowest BCUT2D eigenvalue weighted by Crippen LogP contribution is -2.18. The number of fused-ring (bicyclic) bond motifs is 2. The SMILES string of the molecule is Clc1ccc(NCC2CC3C=CC2C3)c(I)c1. The monoisotopic (exact) mass is 359 g/mol. The number of rotatable bonds is 3. The molecule has 1 N–H and O–H groups in total. The van der Waals surface area contributed by atoms with Gasteiger partial charge in [0.05, 0.1) is 0 Å². The average molecular weight is 360 g/mol. The van der Waals surface area contributed by atoms with Crippen LogP contribution in [0.1, 0.15) is 12.8 Å². The molecule has 0 saturated heterocycles. The Kier molecular flexibility index (Phi) is 3.35. The van der Waals surface area contributed by atoms with Gasteiger partial charge in [0.25, 0.3) is 0 Å². The van der Waals surface area contributed by atoms with E-state index in [1.165, 1.54) is 22.1 Å². The van der Waals surface area contributed by atoms with Gasteiger partial charge in [0.15, 0.2) is 0 Å². The standard InChI is InChI=1S/C14H15ClIN/c15-12-3-4-14(13(16)7-12)17-8-11-6-9-1-2-10(11)5-9/h1-4,7,9-11,17H,5-6,8H2. The number of halogens is 2. The highest BCUT2D eigenvalue weighted by molar-refractivity contribution is 14.1. The Morgan fingerprint density at radius 2 is 2.18 bits per heavy atom. The van der Waals surface area contributed by atoms with E-state index in [0.717, 1.165) is 29.3 Å². The minimum Gasteiger partial charge on any atom is -0.384 e. The lowest BCUT2D eigenvalue weighted by Gasteiger charge is -2.19. The van der Waals surface area contributed by atoms with Crippen molar-refractivity contribution in [1.29, 1.82) is 0 Å². The maximum atomic E-state index is 5.95. The molecule has 3 atom stereocenters. The normalized spacial score (nSPS) is 29.9. The molecule has 17 heavy (non-hydrogen) atoms. The minimum absolute atomic E-state index is 0.808. The first kappa shape index (κ1) is 11.8. The zero-order chi connectivity index (χ0) is 11.8. The summed E-state index contributed by atoms with van der Waals surface area (Å²) in [6.07, 6.45) is 7.54. The summed E-state index contributed by atoms with van der Waals surface area (Å²) in [6.45, 7) is 1.09. The van der Waals surface area contributed by atoms with Crippen LogP contribution in [0.15, 0.2) is 30.4 Å². The topological polar surface area (TPSA) is 12.0 Å². The van der Waals surface area contributed by atoms with E-state index in [-0.39, 0.29) is 0 Å². The van der Waals surface area contributed by atoms with E-state index in [0.29, 0.717) is 0 Å². The molecule has 3 unspecified atom stereocenters. The van der Waals surface area contributed by atoms with Gasteiger partial charge < -0.3 is 5.32 Å². The van der Waals surface area contributed by atoms with Crippen LogP contribution in [-0.4, -0.2) is 6.54 Å². The summed E-state index contributed by atoms with van der Waals surface area (Å²) in [5.74, 6) is 2.49. The Bertz CT molecular complexity index is 458. The number of hydrogen-bond acceptors (Lipinski definition) is 1. The van der Waals surface area contributed by atoms with Crippen molar-refractivity contribution in [2.24, 2.45) is 17.8 Å². The molecule has 1 saturated carbocycles. The van der Waals surface area contributed by atoms with Crippen LogP contribution >= 0.6 is 34.2 Å². The van der Waals surface area contributed by atoms with Crippen LogP contribution in [-0.2, 0) is 0 Å². The van der Waals surface area contributed by atoms with Gasteiger partial charge in [-0.25, -0.2) is 0 Å². The van der Waals surface area contributed by atoms with Crippen molar-refractivity contribution < 1.29 is 0 Å². The molecule has 90 valence electrons. The molecule has 3 heteroatoms. The average Bonchev–Trinajstić information content (AvgIpc) is 2.89. The second-order valence-corrected chi connectivity index (χ2v) is 6.64. The first-order valence-corrected chi connectivity index (χ1v) is 7.55. The van der Waals surface area contributed by atoms with E-state index >= 15 is 0 Å². The Morgan fingerprint density at radius 3 is 2.82 bits per heavy atom. The summed E-state index contributed by atoms with van der Waals surface area (Å²) in [4.78, 5) is 0. The fourth-order valence-corrected chi connectivity index (χ4v) is 4.07. The van der Waals surface area contributed by atoms with E-state index in [2.05, 4.69) is 46.1 Å². The molecule has 1 fully saturated rings. The smallest absolute Gasteiger partial charge is 0.0477 e. The van der Waals surface area contributed by atoms with Crippen molar-refractivity contribution in [2.75, 3.05) is 11.9 Å². The van der Waals surface area contributed by atoms with Crippen LogP contribution in [0.3, 0.4) is 0 Å². The summed E-state index contributed by atoms with van der Waals surface area (Å²) in [6, 6.07) is 6.03. The van der Waals surface area contributed by atoms with Gasteiger partial charge in [0, 0.05) is 20.8 Å². The first-order valence-electron chi connectivity index (χ1n) is 6.09. The summed E-state index contributed by atoms with van der Waals surface area (Å²) >= 11 is 8.29. The van der Waals surface area contributed by atoms with E-state index in [4.69, 9.17) is 11.6 Å². The van der Waals surface area contributed by atoms with Crippen molar-refractivity contribution >= 4 is 39.9 Å². The van der Waals surface area contributed by atoms with Crippen LogP contribution in [0.4, 0.5) is 5.69 Å². The predicted molar refractivity (Wildman–Crippen MR) is 81.5 cm³/mol. The Hall–Kier alpha value is -0.220. The number of hydrogen-bond donors (Lipinski definition) is 1. The summed E-state index contributed by atoms with van der Waals surface area (Å²) < 4.78 is 1.20. The molecule has 3 rings (SSSR count). The second-order valence-electron chi connectivity index (χ2n) is 5.05. The van der Waals surface area contributed by atoms with Gasteiger partial charge in [-0.2, -0.15) is 0 Å². The fraction of sp³-hybridized carbons (Fsp3) is 0.429. The number of allylic oxidation sites excluding steroid dienone is 2. The van der Waals surface area contributed by atoms with E-state index < -0.39 is 0 Å². The molecule has 0 radical (unpaired) electrons. The van der Waals surface area contributed by atoms with Crippen LogP contribution in [0.25, 0.3) is 0 Å². The van der Waals surface area contributed by atoms with Crippen molar-refractivity contribution in [2.45, 2.75) is 12.8 Å². The zero-order valence-electron chi connectivity index (χ0n) is 9.50. The Morgan fingerprint density at radius 1 is 1.29 bits per heavy atom. The van der Waals surface area contributed by atoms with Crippen molar-refractivity contribution in [3.05, 3.63) is 38.9 Å². The lowest BCUT2D eigenvalue weighted by atomic mass is 9.93. The number of anilines is 1. The van der Waals surface area contributed by atoms with E-state index in [1.54, 1.807) is 0 Å². The van der Waals surface area contributed by atoms with Crippen LogP contribution < -0.4 is 5.32 Å². The van der Waals surface area contributed by atoms with E-state index in [1.807, 2.05) is 12.1 Å². The maximum absolute atomic E-state index is 5.95. The second kappa shape index (κ2) is 4.81. The molecule has 2 aliphatic rings. The quantitative estimate of drug-likeness (QED) is 0.616. The summed E-state index contributed by atoms with van der Waals surface area (Å²) in [7, 11) is 0. The van der Waals surface area contributed by atoms with Gasteiger partial charge >= 0.3 is 0 Å². The molecule has 2 aliphatic carbocycles.